The molecule has 0 aliphatic heterocycles. The lowest BCUT2D eigenvalue weighted by atomic mass is 10.1. The van der Waals surface area contributed by atoms with Crippen molar-refractivity contribution in [3.05, 3.63) is 238 Å². The van der Waals surface area contributed by atoms with Crippen LogP contribution < -0.4 is 60.9 Å². The number of hydrogen-bond donors (Lipinski definition) is 7. The summed E-state index contributed by atoms with van der Waals surface area (Å²) >= 11 is 0. The number of benzene rings is 5. The van der Waals surface area contributed by atoms with Gasteiger partial charge in [0.1, 0.15) is 28.7 Å². The Morgan fingerprint density at radius 2 is 0.660 bits per heavy atom. The fourth-order valence-electron chi connectivity index (χ4n) is 14.4. The van der Waals surface area contributed by atoms with Gasteiger partial charge in [-0.3, -0.25) is 24.0 Å². The first-order valence-corrected chi connectivity index (χ1v) is 47.2. The SMILES string of the molecule is CCCOc1cc(C(=O)N(CC)CC)ccc1Nc1nc2ccc(C)cn2n1.CCN(CC)C(=O)c1ccc(Nc2nc3ccc(C)cn3n2)c(OCC(F)(F)F)c1.CCN(CC)C(=O)c1ccc(Nc2nc3ccc(C)cn3n2)c(OCC2CC2)c1.CNCCN(C)C(=O)c1ccc(Nc2nc3ccc(C)cn3n2)c(OC)c1.Cc1ccc2nc(Nc3ccc(C(=O)NC(C)(C)C)cc3OCC(F)(F)F)nn2c1. The van der Waals surface area contributed by atoms with Crippen LogP contribution in [-0.4, -0.2) is 240 Å². The van der Waals surface area contributed by atoms with Gasteiger partial charge in [-0.15, -0.1) is 25.5 Å². The lowest BCUT2D eigenvalue weighted by Crippen LogP contribution is -2.40. The number of carbonyl (C=O) groups is 5. The van der Waals surface area contributed by atoms with Gasteiger partial charge in [0.05, 0.1) is 48.8 Å². The highest BCUT2D eigenvalue weighted by Crippen LogP contribution is 2.38. The van der Waals surface area contributed by atoms with Gasteiger partial charge in [0.15, 0.2) is 41.4 Å². The lowest BCUT2D eigenvalue weighted by molar-refractivity contribution is -0.154. The third-order valence-corrected chi connectivity index (χ3v) is 22.1. The van der Waals surface area contributed by atoms with Gasteiger partial charge in [-0.2, -0.15) is 51.3 Å². The molecule has 1 aliphatic rings. The summed E-state index contributed by atoms with van der Waals surface area (Å²) in [4.78, 5) is 91.8. The maximum Gasteiger partial charge on any atom is 0.422 e. The van der Waals surface area contributed by atoms with Crippen LogP contribution in [0, 0.1) is 40.5 Å². The van der Waals surface area contributed by atoms with Crippen molar-refractivity contribution < 1.29 is 74.0 Å². The summed E-state index contributed by atoms with van der Waals surface area (Å²) < 4.78 is 112. The van der Waals surface area contributed by atoms with Gasteiger partial charge in [0.25, 0.3) is 29.5 Å². The second-order valence-electron chi connectivity index (χ2n) is 35.0. The van der Waals surface area contributed by atoms with Gasteiger partial charge in [-0.25, -0.2) is 22.6 Å². The molecule has 0 saturated heterocycles. The minimum Gasteiger partial charge on any atom is -0.495 e. The molecule has 10 aromatic heterocycles. The number of nitrogens with zero attached hydrogens (tertiary/aromatic N) is 19. The van der Waals surface area contributed by atoms with E-state index in [1.165, 1.54) is 49.2 Å². The van der Waals surface area contributed by atoms with E-state index in [4.69, 9.17) is 23.7 Å². The summed E-state index contributed by atoms with van der Waals surface area (Å²) in [5.74, 6) is 3.26. The van der Waals surface area contributed by atoms with E-state index in [1.807, 2.05) is 188 Å². The van der Waals surface area contributed by atoms with Gasteiger partial charge in [-0.1, -0.05) is 37.3 Å². The van der Waals surface area contributed by atoms with Crippen molar-refractivity contribution in [2.24, 2.45) is 5.92 Å². The molecule has 15 aromatic rings. The lowest BCUT2D eigenvalue weighted by Gasteiger charge is -2.21. The van der Waals surface area contributed by atoms with E-state index in [0.717, 1.165) is 69.1 Å². The van der Waals surface area contributed by atoms with E-state index in [-0.39, 0.29) is 69.5 Å². The van der Waals surface area contributed by atoms with E-state index in [9.17, 15) is 50.3 Å². The first-order chi connectivity index (χ1) is 68.7. The number of likely N-dealkylation sites (N-methyl/N-ethyl adjacent to an activating group) is 2. The summed E-state index contributed by atoms with van der Waals surface area (Å²) in [5, 5.41) is 43.1. The van der Waals surface area contributed by atoms with Crippen LogP contribution in [0.5, 0.6) is 28.7 Å². The number of carbonyl (C=O) groups excluding carboxylic acids is 5. The fourth-order valence-corrected chi connectivity index (χ4v) is 14.4. The van der Waals surface area contributed by atoms with Crippen LogP contribution in [0.1, 0.15) is 168 Å². The summed E-state index contributed by atoms with van der Waals surface area (Å²) in [6.07, 6.45) is 3.55. The zero-order chi connectivity index (χ0) is 104. The molecule has 762 valence electrons. The molecule has 1 fully saturated rings. The third-order valence-electron chi connectivity index (χ3n) is 22.1. The van der Waals surface area contributed by atoms with Crippen LogP contribution in [0.25, 0.3) is 28.2 Å². The smallest absolute Gasteiger partial charge is 0.422 e. The van der Waals surface area contributed by atoms with E-state index >= 15 is 0 Å². The standard InChI is InChI=1S/C22H27N5O2.C21H27N5O2.2C20H22F3N5O2.C19H24N6O2/c1-4-26(5-2)21(28)17-9-10-18(19(12-17)29-14-16-7-8-16)23-22-24-20-11-6-15(3)13-27(20)25-22;1-5-12-28-18-13-16(20(27)25(6-2)7-3)9-10-17(18)22-21-23-19-11-8-15(4)14-26(19)24-21;1-12-5-8-16-25-18(27-28(16)10-12)24-14-7-6-13(17(29)26-19(2,3)4)9-15(14)30-11-20(21,22)23;1-4-27(5-2)18(29)14-7-8-15(16(10-14)30-12-20(21,22)23)24-19-25-17-9-6-13(3)11-28(17)26-19;1-13-5-8-17-22-19(23-25(17)12-13)21-15-7-6-14(11-16(15)27-4)18(26)24(3)10-9-20-2/h6,9-13,16H,4-5,7-8,14H2,1-3H3,(H,23,25);8-11,13-14H,5-7,12H2,1-4H3,(H,22,24);5-10H,11H2,1-4H3,(H,24,27)(H,26,29);6-11H,4-5,12H2,1-3H3,(H,24,26);5-8,11-12,20H,9-10H2,1-4H3,(H,21,23). The van der Waals surface area contributed by atoms with Crippen LogP contribution in [-0.2, 0) is 0 Å². The Labute approximate surface area is 829 Å². The quantitative estimate of drug-likeness (QED) is 0.0181. The number of rotatable bonds is 35. The molecule has 5 amide bonds. The minimum absolute atomic E-state index is 0.000714. The van der Waals surface area contributed by atoms with Crippen molar-refractivity contribution in [3.63, 3.8) is 0 Å². The number of nitrogens with one attached hydrogen (secondary N) is 7. The van der Waals surface area contributed by atoms with Crippen LogP contribution in [0.4, 0.5) is 84.5 Å². The molecule has 7 N–H and O–H groups in total. The highest BCUT2D eigenvalue weighted by Gasteiger charge is 2.32. The zero-order valence-electron chi connectivity index (χ0n) is 83.9. The van der Waals surface area contributed by atoms with Gasteiger partial charge in [0.2, 0.25) is 29.7 Å². The molecule has 144 heavy (non-hydrogen) atoms. The molecule has 1 aliphatic carbocycles. The molecule has 16 rings (SSSR count). The molecule has 36 nitrogen and oxygen atoms in total. The van der Waals surface area contributed by atoms with Gasteiger partial charge in [-0.05, 0) is 278 Å². The maximum absolute atomic E-state index is 12.8. The number of pyridine rings is 5. The molecule has 0 atom stereocenters. The molecule has 0 bridgehead atoms. The van der Waals surface area contributed by atoms with Crippen LogP contribution >= 0.6 is 0 Å². The Bertz CT molecular complexity index is 6960. The van der Waals surface area contributed by atoms with Crippen molar-refractivity contribution in [2.45, 2.75) is 141 Å². The van der Waals surface area contributed by atoms with E-state index in [1.54, 1.807) is 126 Å². The second-order valence-corrected chi connectivity index (χ2v) is 35.0. The van der Waals surface area contributed by atoms with Gasteiger partial charge < -0.3 is 80.5 Å². The Kier molecular flexibility index (Phi) is 36.0. The number of amides is 5. The van der Waals surface area contributed by atoms with Gasteiger partial charge in [0, 0.05) is 124 Å². The molecule has 0 radical (unpaired) electrons. The average molecular weight is 1990 g/mol. The number of fused-ring (bicyclic) bond motifs is 5. The maximum atomic E-state index is 12.8. The molecule has 5 aromatic carbocycles. The second kappa shape index (κ2) is 48.5. The van der Waals surface area contributed by atoms with E-state index in [2.05, 4.69) is 87.6 Å². The Morgan fingerprint density at radius 1 is 0.382 bits per heavy atom. The molecule has 1 saturated carbocycles. The van der Waals surface area contributed by atoms with Crippen molar-refractivity contribution in [2.75, 3.05) is 127 Å². The number of alkyl halides is 6. The number of aryl methyl sites for hydroxylation is 5. The minimum atomic E-state index is -4.53. The highest BCUT2D eigenvalue weighted by molar-refractivity contribution is 5.98. The van der Waals surface area contributed by atoms with Crippen LogP contribution in [0.2, 0.25) is 0 Å². The Balaban J connectivity index is 0.000000161. The largest absolute Gasteiger partial charge is 0.495 e. The summed E-state index contributed by atoms with van der Waals surface area (Å²) in [6.45, 7) is 32.1. The Morgan fingerprint density at radius 3 is 0.938 bits per heavy atom. The highest BCUT2D eigenvalue weighted by atomic mass is 19.4. The third kappa shape index (κ3) is 29.9. The van der Waals surface area contributed by atoms with E-state index < -0.39 is 37.0 Å². The Hall–Kier alpha value is -15.9. The predicted molar refractivity (Wildman–Crippen MR) is 541 cm³/mol. The first-order valence-electron chi connectivity index (χ1n) is 47.2. The van der Waals surface area contributed by atoms with Crippen molar-refractivity contribution >= 4 is 116 Å². The molecule has 42 heteroatoms. The monoisotopic (exact) mass is 1980 g/mol. The number of anilines is 10. The number of methoxy groups -OCH3 is 1. The molecular formula is C102H122F6N26O10. The van der Waals surface area contributed by atoms with Crippen molar-refractivity contribution in [3.8, 4) is 28.7 Å². The van der Waals surface area contributed by atoms with E-state index in [0.29, 0.717) is 134 Å². The fraction of sp³-hybridized carbons (Fsp3) is 0.363. The number of halogens is 6. The van der Waals surface area contributed by atoms with Crippen LogP contribution in [0.3, 0.4) is 0 Å². The van der Waals surface area contributed by atoms with Crippen molar-refractivity contribution in [1.29, 1.82) is 0 Å². The number of aromatic nitrogens is 15. The average Bonchev–Trinajstić information content (AvgIpc) is 1.50. The van der Waals surface area contributed by atoms with Gasteiger partial charge >= 0.3 is 12.4 Å². The van der Waals surface area contributed by atoms with Crippen molar-refractivity contribution in [1.82, 2.24) is 103 Å². The topological polar surface area (TPSA) is 380 Å². The molecule has 10 heterocycles. The summed E-state index contributed by atoms with van der Waals surface area (Å²) in [5.41, 5.74) is 13.0. The predicted octanol–water partition coefficient (Wildman–Crippen LogP) is 18.6. The number of hydrogen-bond acceptors (Lipinski definition) is 26. The summed E-state index contributed by atoms with van der Waals surface area (Å²) in [6, 6.07) is 43.8. The normalized spacial score (nSPS) is 11.8. The molecule has 0 spiro atoms. The molecular weight excluding hydrogens is 1860 g/mol. The number of ether oxygens (including phenoxy) is 5. The first kappa shape index (κ1) is 107. The zero-order valence-corrected chi connectivity index (χ0v) is 83.9. The van der Waals surface area contributed by atoms with Crippen LogP contribution in [0.15, 0.2) is 183 Å². The summed E-state index contributed by atoms with van der Waals surface area (Å²) in [7, 11) is 5.21. The molecule has 0 unspecified atom stereocenters.